The highest BCUT2D eigenvalue weighted by atomic mass is 16.5. The molecule has 1 aromatic heterocycles. The maximum Gasteiger partial charge on any atom is 0.199 e. The molecule has 1 heterocycles. The number of fused-ring (bicyclic) bond motifs is 1. The van der Waals surface area contributed by atoms with Crippen molar-refractivity contribution >= 4 is 16.8 Å². The maximum absolute atomic E-state index is 5.76. The summed E-state index contributed by atoms with van der Waals surface area (Å²) in [6.45, 7) is 0. The van der Waals surface area contributed by atoms with Crippen LogP contribution in [-0.2, 0) is 6.42 Å². The maximum atomic E-state index is 5.76. The highest BCUT2D eigenvalue weighted by Crippen LogP contribution is 2.22. The molecule has 0 aliphatic heterocycles. The van der Waals surface area contributed by atoms with Gasteiger partial charge in [0.05, 0.1) is 7.11 Å². The standard InChI is InChI=1S/C15H14N2O2/c1-18-12-5-6-14-13(9-12)17-15(19-14)8-10-3-2-4-11(16)7-10/h2-7,9H,8,16H2,1H3. The number of methoxy groups -OCH3 is 1. The van der Waals surface area contributed by atoms with E-state index in [9.17, 15) is 0 Å². The molecule has 0 fully saturated rings. The zero-order valence-corrected chi connectivity index (χ0v) is 10.6. The fraction of sp³-hybridized carbons (Fsp3) is 0.133. The predicted octanol–water partition coefficient (Wildman–Crippen LogP) is 3.01. The molecule has 0 saturated heterocycles. The van der Waals surface area contributed by atoms with Crippen LogP contribution in [0.4, 0.5) is 5.69 Å². The third-order valence-corrected chi connectivity index (χ3v) is 2.95. The molecule has 2 aromatic carbocycles. The number of hydrogen-bond acceptors (Lipinski definition) is 4. The molecular formula is C15H14N2O2. The fourth-order valence-corrected chi connectivity index (χ4v) is 2.04. The van der Waals surface area contributed by atoms with Gasteiger partial charge in [0.25, 0.3) is 0 Å². The van der Waals surface area contributed by atoms with Crippen LogP contribution < -0.4 is 10.5 Å². The van der Waals surface area contributed by atoms with Gasteiger partial charge in [-0.1, -0.05) is 12.1 Å². The van der Waals surface area contributed by atoms with Gasteiger partial charge in [-0.2, -0.15) is 0 Å². The number of anilines is 1. The Bertz CT molecular complexity index is 719. The van der Waals surface area contributed by atoms with E-state index in [1.165, 1.54) is 0 Å². The van der Waals surface area contributed by atoms with Crippen molar-refractivity contribution in [1.82, 2.24) is 4.98 Å². The molecule has 96 valence electrons. The normalized spacial score (nSPS) is 10.8. The second-order valence-electron chi connectivity index (χ2n) is 4.36. The molecule has 0 atom stereocenters. The smallest absolute Gasteiger partial charge is 0.199 e. The van der Waals surface area contributed by atoms with Gasteiger partial charge in [-0.25, -0.2) is 4.98 Å². The summed E-state index contributed by atoms with van der Waals surface area (Å²) in [5.41, 5.74) is 9.15. The van der Waals surface area contributed by atoms with Gasteiger partial charge >= 0.3 is 0 Å². The number of nitrogens with two attached hydrogens (primary N) is 1. The lowest BCUT2D eigenvalue weighted by Gasteiger charge is -1.98. The van der Waals surface area contributed by atoms with Crippen molar-refractivity contribution in [3.63, 3.8) is 0 Å². The molecule has 0 radical (unpaired) electrons. The van der Waals surface area contributed by atoms with Gasteiger partial charge in [0.2, 0.25) is 0 Å². The van der Waals surface area contributed by atoms with Crippen LogP contribution in [0.3, 0.4) is 0 Å². The Morgan fingerprint density at radius 2 is 2.11 bits per heavy atom. The highest BCUT2D eigenvalue weighted by Gasteiger charge is 2.07. The van der Waals surface area contributed by atoms with Gasteiger partial charge < -0.3 is 14.9 Å². The van der Waals surface area contributed by atoms with Crippen molar-refractivity contribution in [3.05, 3.63) is 53.9 Å². The molecule has 0 saturated carbocycles. The molecule has 2 N–H and O–H groups in total. The van der Waals surface area contributed by atoms with Crippen molar-refractivity contribution in [2.75, 3.05) is 12.8 Å². The van der Waals surface area contributed by atoms with E-state index in [-0.39, 0.29) is 0 Å². The Morgan fingerprint density at radius 1 is 1.21 bits per heavy atom. The molecule has 3 rings (SSSR count). The van der Waals surface area contributed by atoms with E-state index in [1.54, 1.807) is 7.11 Å². The van der Waals surface area contributed by atoms with Crippen LogP contribution in [0.15, 0.2) is 46.9 Å². The Morgan fingerprint density at radius 3 is 2.89 bits per heavy atom. The molecular weight excluding hydrogens is 240 g/mol. The van der Waals surface area contributed by atoms with E-state index < -0.39 is 0 Å². The average Bonchev–Trinajstić information content (AvgIpc) is 2.79. The van der Waals surface area contributed by atoms with Crippen molar-refractivity contribution in [2.45, 2.75) is 6.42 Å². The monoisotopic (exact) mass is 254 g/mol. The number of nitrogen functional groups attached to an aromatic ring is 1. The van der Waals surface area contributed by atoms with E-state index in [1.807, 2.05) is 42.5 Å². The number of aromatic nitrogens is 1. The number of ether oxygens (including phenoxy) is 1. The van der Waals surface area contributed by atoms with Gasteiger partial charge in [-0.15, -0.1) is 0 Å². The number of hydrogen-bond donors (Lipinski definition) is 1. The summed E-state index contributed by atoms with van der Waals surface area (Å²) in [4.78, 5) is 4.46. The van der Waals surface area contributed by atoms with Crippen LogP contribution in [0.25, 0.3) is 11.1 Å². The average molecular weight is 254 g/mol. The van der Waals surface area contributed by atoms with E-state index in [2.05, 4.69) is 4.98 Å². The quantitative estimate of drug-likeness (QED) is 0.730. The van der Waals surface area contributed by atoms with Gasteiger partial charge in [-0.3, -0.25) is 0 Å². The van der Waals surface area contributed by atoms with Crippen LogP contribution in [0, 0.1) is 0 Å². The number of nitrogens with zero attached hydrogens (tertiary/aromatic N) is 1. The first kappa shape index (κ1) is 11.6. The summed E-state index contributed by atoms with van der Waals surface area (Å²) in [7, 11) is 1.63. The van der Waals surface area contributed by atoms with Crippen LogP contribution in [-0.4, -0.2) is 12.1 Å². The summed E-state index contributed by atoms with van der Waals surface area (Å²) in [5, 5.41) is 0. The molecule has 0 amide bonds. The number of rotatable bonds is 3. The van der Waals surface area contributed by atoms with Crippen LogP contribution in [0.2, 0.25) is 0 Å². The zero-order valence-electron chi connectivity index (χ0n) is 10.6. The lowest BCUT2D eigenvalue weighted by molar-refractivity contribution is 0.415. The van der Waals surface area contributed by atoms with Gasteiger partial charge in [-0.05, 0) is 29.8 Å². The summed E-state index contributed by atoms with van der Waals surface area (Å²) in [5.74, 6) is 1.45. The molecule has 3 aromatic rings. The summed E-state index contributed by atoms with van der Waals surface area (Å²) in [6.07, 6.45) is 0.627. The first-order valence-electron chi connectivity index (χ1n) is 6.02. The first-order chi connectivity index (χ1) is 9.24. The van der Waals surface area contributed by atoms with Crippen molar-refractivity contribution in [1.29, 1.82) is 0 Å². The zero-order chi connectivity index (χ0) is 13.2. The minimum absolute atomic E-state index is 0.627. The summed E-state index contributed by atoms with van der Waals surface area (Å²) >= 11 is 0. The van der Waals surface area contributed by atoms with E-state index in [4.69, 9.17) is 14.9 Å². The molecule has 4 heteroatoms. The minimum Gasteiger partial charge on any atom is -0.497 e. The molecule has 19 heavy (non-hydrogen) atoms. The summed E-state index contributed by atoms with van der Waals surface area (Å²) < 4.78 is 10.9. The molecule has 0 bridgehead atoms. The second-order valence-corrected chi connectivity index (χ2v) is 4.36. The Kier molecular flexibility index (Phi) is 2.83. The predicted molar refractivity (Wildman–Crippen MR) is 74.2 cm³/mol. The van der Waals surface area contributed by atoms with Crippen molar-refractivity contribution in [3.8, 4) is 5.75 Å². The lowest BCUT2D eigenvalue weighted by Crippen LogP contribution is -1.90. The van der Waals surface area contributed by atoms with Crippen molar-refractivity contribution in [2.24, 2.45) is 0 Å². The van der Waals surface area contributed by atoms with Crippen molar-refractivity contribution < 1.29 is 9.15 Å². The Hall–Kier alpha value is -2.49. The highest BCUT2D eigenvalue weighted by molar-refractivity contribution is 5.74. The fourth-order valence-electron chi connectivity index (χ4n) is 2.04. The third-order valence-electron chi connectivity index (χ3n) is 2.95. The number of benzene rings is 2. The SMILES string of the molecule is COc1ccc2oc(Cc3cccc(N)c3)nc2c1. The number of oxazole rings is 1. The molecule has 4 nitrogen and oxygen atoms in total. The van der Waals surface area contributed by atoms with Crippen LogP contribution >= 0.6 is 0 Å². The molecule has 0 spiro atoms. The molecule has 0 aliphatic rings. The largest absolute Gasteiger partial charge is 0.497 e. The van der Waals surface area contributed by atoms with Crippen LogP contribution in [0.1, 0.15) is 11.5 Å². The van der Waals surface area contributed by atoms with Gasteiger partial charge in [0.1, 0.15) is 11.3 Å². The van der Waals surface area contributed by atoms with E-state index in [0.29, 0.717) is 12.3 Å². The molecule has 0 aliphatic carbocycles. The Balaban J connectivity index is 1.93. The van der Waals surface area contributed by atoms with E-state index >= 15 is 0 Å². The second kappa shape index (κ2) is 4.65. The van der Waals surface area contributed by atoms with Gasteiger partial charge in [0.15, 0.2) is 11.5 Å². The van der Waals surface area contributed by atoms with E-state index in [0.717, 1.165) is 28.1 Å². The summed E-state index contributed by atoms with van der Waals surface area (Å²) in [6, 6.07) is 13.3. The van der Waals surface area contributed by atoms with Crippen LogP contribution in [0.5, 0.6) is 5.75 Å². The lowest BCUT2D eigenvalue weighted by atomic mass is 10.1. The third kappa shape index (κ3) is 2.38. The minimum atomic E-state index is 0.627. The Labute approximate surface area is 110 Å². The topological polar surface area (TPSA) is 61.3 Å². The first-order valence-corrected chi connectivity index (χ1v) is 6.02. The molecule has 0 unspecified atom stereocenters. The van der Waals surface area contributed by atoms with Gasteiger partial charge in [0, 0.05) is 18.2 Å².